The maximum Gasteiger partial charge on any atom is 0.344 e. The maximum atomic E-state index is 12.7. The number of esters is 1. The molecule has 0 bridgehead atoms. The Morgan fingerprint density at radius 1 is 0.811 bits per heavy atom. The van der Waals surface area contributed by atoms with E-state index in [0.29, 0.717) is 23.7 Å². The third-order valence-corrected chi connectivity index (χ3v) is 5.46. The molecule has 4 rings (SSSR count). The van der Waals surface area contributed by atoms with E-state index in [4.69, 9.17) is 14.2 Å². The summed E-state index contributed by atoms with van der Waals surface area (Å²) in [4.78, 5) is 24.7. The number of fused-ring (bicyclic) bond motifs is 1. The summed E-state index contributed by atoms with van der Waals surface area (Å²) in [6.07, 6.45) is 3.57. The van der Waals surface area contributed by atoms with Gasteiger partial charge >= 0.3 is 5.97 Å². The number of hydrogen-bond donors (Lipinski definition) is 1. The first kappa shape index (κ1) is 25.4. The minimum absolute atomic E-state index is 0.170. The van der Waals surface area contributed by atoms with E-state index in [-0.39, 0.29) is 12.5 Å². The third kappa shape index (κ3) is 7.41. The van der Waals surface area contributed by atoms with Crippen LogP contribution in [0, 0.1) is 0 Å². The van der Waals surface area contributed by atoms with Gasteiger partial charge in [0.25, 0.3) is 5.91 Å². The molecule has 0 aliphatic heterocycles. The molecular formula is C30H28N2O5. The molecule has 0 aliphatic rings. The van der Waals surface area contributed by atoms with E-state index in [1.165, 1.54) is 6.21 Å². The fourth-order valence-electron chi connectivity index (χ4n) is 3.51. The van der Waals surface area contributed by atoms with Gasteiger partial charge in [-0.2, -0.15) is 5.10 Å². The lowest BCUT2D eigenvalue weighted by atomic mass is 10.0. The van der Waals surface area contributed by atoms with E-state index in [2.05, 4.69) is 17.5 Å². The molecule has 0 heterocycles. The van der Waals surface area contributed by atoms with Crippen LogP contribution in [0.2, 0.25) is 0 Å². The fraction of sp³-hybridized carbons (Fsp3) is 0.167. The summed E-state index contributed by atoms with van der Waals surface area (Å²) < 4.78 is 16.6. The summed E-state index contributed by atoms with van der Waals surface area (Å²) in [5.41, 5.74) is 3.66. The minimum atomic E-state index is -0.427. The Balaban J connectivity index is 1.23. The van der Waals surface area contributed by atoms with Gasteiger partial charge in [-0.3, -0.25) is 4.79 Å². The summed E-state index contributed by atoms with van der Waals surface area (Å²) >= 11 is 0. The molecule has 4 aromatic carbocycles. The number of benzene rings is 4. The summed E-state index contributed by atoms with van der Waals surface area (Å²) in [6, 6.07) is 27.1. The zero-order chi connectivity index (χ0) is 25.9. The van der Waals surface area contributed by atoms with Gasteiger partial charge in [0.15, 0.2) is 6.61 Å². The first-order chi connectivity index (χ1) is 18.1. The van der Waals surface area contributed by atoms with E-state index < -0.39 is 5.97 Å². The lowest BCUT2D eigenvalue weighted by Gasteiger charge is -2.08. The van der Waals surface area contributed by atoms with E-state index in [0.717, 1.165) is 34.9 Å². The molecule has 7 nitrogen and oxygen atoms in total. The molecule has 0 spiro atoms. The van der Waals surface area contributed by atoms with Crippen LogP contribution in [0.15, 0.2) is 96.1 Å². The van der Waals surface area contributed by atoms with Crippen molar-refractivity contribution >= 4 is 28.9 Å². The van der Waals surface area contributed by atoms with Crippen LogP contribution in [0.25, 0.3) is 10.8 Å². The monoisotopic (exact) mass is 496 g/mol. The number of carbonyl (C=O) groups excluding carboxylic acids is 2. The molecule has 4 aromatic rings. The van der Waals surface area contributed by atoms with Crippen molar-refractivity contribution in [3.63, 3.8) is 0 Å². The van der Waals surface area contributed by atoms with Gasteiger partial charge in [0, 0.05) is 0 Å². The Kier molecular flexibility index (Phi) is 8.86. The van der Waals surface area contributed by atoms with Crippen molar-refractivity contribution in [1.82, 2.24) is 5.43 Å². The van der Waals surface area contributed by atoms with Crippen LogP contribution in [0.4, 0.5) is 0 Å². The highest BCUT2D eigenvalue weighted by molar-refractivity contribution is 6.05. The normalized spacial score (nSPS) is 10.8. The molecule has 1 amide bonds. The van der Waals surface area contributed by atoms with Crippen molar-refractivity contribution in [2.75, 3.05) is 13.2 Å². The number of nitrogens with one attached hydrogen (secondary N) is 1. The van der Waals surface area contributed by atoms with E-state index >= 15 is 0 Å². The topological polar surface area (TPSA) is 86.2 Å². The minimum Gasteiger partial charge on any atom is -0.494 e. The van der Waals surface area contributed by atoms with Crippen molar-refractivity contribution in [3.8, 4) is 17.2 Å². The number of hydrazone groups is 1. The van der Waals surface area contributed by atoms with Gasteiger partial charge in [-0.1, -0.05) is 49.7 Å². The van der Waals surface area contributed by atoms with E-state index in [1.807, 2.05) is 48.5 Å². The van der Waals surface area contributed by atoms with Gasteiger partial charge in [0.05, 0.1) is 18.4 Å². The highest BCUT2D eigenvalue weighted by Crippen LogP contribution is 2.21. The molecule has 0 unspecified atom stereocenters. The van der Waals surface area contributed by atoms with Gasteiger partial charge < -0.3 is 14.2 Å². The Bertz CT molecular complexity index is 1360. The average Bonchev–Trinajstić information content (AvgIpc) is 2.93. The van der Waals surface area contributed by atoms with Gasteiger partial charge in [-0.15, -0.1) is 0 Å². The molecule has 0 fully saturated rings. The molecule has 37 heavy (non-hydrogen) atoms. The Labute approximate surface area is 215 Å². The van der Waals surface area contributed by atoms with E-state index in [1.54, 1.807) is 42.5 Å². The van der Waals surface area contributed by atoms with E-state index in [9.17, 15) is 9.59 Å². The largest absolute Gasteiger partial charge is 0.494 e. The Hall–Kier alpha value is -4.65. The van der Waals surface area contributed by atoms with Gasteiger partial charge in [-0.05, 0) is 77.4 Å². The quantitative estimate of drug-likeness (QED) is 0.0937. The van der Waals surface area contributed by atoms with Gasteiger partial charge in [0.1, 0.15) is 17.2 Å². The van der Waals surface area contributed by atoms with Crippen molar-refractivity contribution in [3.05, 3.63) is 102 Å². The predicted octanol–water partition coefficient (Wildman–Crippen LogP) is 5.77. The Morgan fingerprint density at radius 2 is 1.49 bits per heavy atom. The van der Waals surface area contributed by atoms with Crippen LogP contribution in [0.3, 0.4) is 0 Å². The van der Waals surface area contributed by atoms with Crippen molar-refractivity contribution in [2.45, 2.75) is 19.8 Å². The summed E-state index contributed by atoms with van der Waals surface area (Å²) in [7, 11) is 0. The van der Waals surface area contributed by atoms with Crippen LogP contribution in [0.5, 0.6) is 17.2 Å². The number of rotatable bonds is 11. The summed E-state index contributed by atoms with van der Waals surface area (Å²) in [6.45, 7) is 2.62. The molecule has 0 saturated carbocycles. The van der Waals surface area contributed by atoms with Crippen molar-refractivity contribution < 1.29 is 23.8 Å². The lowest BCUT2D eigenvalue weighted by Crippen LogP contribution is -2.24. The Morgan fingerprint density at radius 3 is 2.24 bits per heavy atom. The summed E-state index contributed by atoms with van der Waals surface area (Å²) in [5.74, 6) is 0.929. The van der Waals surface area contributed by atoms with Crippen molar-refractivity contribution in [2.24, 2.45) is 5.10 Å². The second-order valence-electron chi connectivity index (χ2n) is 8.24. The van der Waals surface area contributed by atoms with Gasteiger partial charge in [-0.25, -0.2) is 10.2 Å². The number of ether oxygens (including phenoxy) is 3. The molecule has 0 radical (unpaired) electrons. The predicted molar refractivity (Wildman–Crippen MR) is 143 cm³/mol. The molecule has 7 heteroatoms. The fourth-order valence-corrected chi connectivity index (χ4v) is 3.51. The maximum absolute atomic E-state index is 12.7. The molecule has 188 valence electrons. The zero-order valence-corrected chi connectivity index (χ0v) is 20.6. The SMILES string of the molecule is CCCCOc1ccc(OCC(=O)NN=Cc2ccc(OC(=O)c3cccc4ccccc34)cc2)cc1. The molecule has 0 saturated heterocycles. The van der Waals surface area contributed by atoms with Crippen LogP contribution in [-0.4, -0.2) is 31.3 Å². The van der Waals surface area contributed by atoms with Crippen LogP contribution in [0.1, 0.15) is 35.7 Å². The number of unbranched alkanes of at least 4 members (excludes halogenated alkanes) is 1. The number of amides is 1. The lowest BCUT2D eigenvalue weighted by molar-refractivity contribution is -0.123. The molecule has 0 aliphatic carbocycles. The molecule has 0 atom stereocenters. The summed E-state index contributed by atoms with van der Waals surface area (Å²) in [5, 5.41) is 5.76. The highest BCUT2D eigenvalue weighted by atomic mass is 16.5. The number of hydrogen-bond acceptors (Lipinski definition) is 6. The smallest absolute Gasteiger partial charge is 0.344 e. The van der Waals surface area contributed by atoms with Gasteiger partial charge in [0.2, 0.25) is 0 Å². The molecule has 1 N–H and O–H groups in total. The molecular weight excluding hydrogens is 468 g/mol. The third-order valence-electron chi connectivity index (χ3n) is 5.46. The average molecular weight is 497 g/mol. The zero-order valence-electron chi connectivity index (χ0n) is 20.6. The standard InChI is InChI=1S/C30H28N2O5/c1-2-3-19-35-24-15-17-25(18-16-24)36-21-29(33)32-31-20-22-11-13-26(14-12-22)37-30(34)28-10-6-8-23-7-4-5-9-27(23)28/h4-18,20H,2-3,19,21H2,1H3,(H,32,33). The van der Waals surface area contributed by atoms with Crippen LogP contribution < -0.4 is 19.6 Å². The molecule has 0 aromatic heterocycles. The first-order valence-corrected chi connectivity index (χ1v) is 12.1. The van der Waals surface area contributed by atoms with Crippen LogP contribution in [-0.2, 0) is 4.79 Å². The van der Waals surface area contributed by atoms with Crippen LogP contribution >= 0.6 is 0 Å². The second-order valence-corrected chi connectivity index (χ2v) is 8.24. The second kappa shape index (κ2) is 12.9. The number of carbonyl (C=O) groups is 2. The highest BCUT2D eigenvalue weighted by Gasteiger charge is 2.12. The number of nitrogens with zero attached hydrogens (tertiary/aromatic N) is 1. The first-order valence-electron chi connectivity index (χ1n) is 12.1. The van der Waals surface area contributed by atoms with Crippen molar-refractivity contribution in [1.29, 1.82) is 0 Å².